The molecular formula is C48H28S2. The van der Waals surface area contributed by atoms with Crippen molar-refractivity contribution >= 4 is 95.3 Å². The normalized spacial score (nSPS) is 12.0. The smallest absolute Gasteiger partial charge is 0.0362 e. The van der Waals surface area contributed by atoms with Crippen LogP contribution in [0.5, 0.6) is 0 Å². The van der Waals surface area contributed by atoms with Crippen LogP contribution in [-0.2, 0) is 0 Å². The van der Waals surface area contributed by atoms with Crippen molar-refractivity contribution < 1.29 is 0 Å². The van der Waals surface area contributed by atoms with Gasteiger partial charge in [-0.2, -0.15) is 0 Å². The van der Waals surface area contributed by atoms with Crippen LogP contribution in [0.25, 0.3) is 106 Å². The SMILES string of the molecule is c1ccc(-c2ccc(-c3c4ccccc4c(-c4ccc5c(c4)sc4cc6c(cc45)sc4ccccc46)c4ccccc34)c3ccccc23)cc1. The van der Waals surface area contributed by atoms with Gasteiger partial charge in [-0.3, -0.25) is 0 Å². The fourth-order valence-corrected chi connectivity index (χ4v) is 10.6. The Morgan fingerprint density at radius 1 is 0.240 bits per heavy atom. The Morgan fingerprint density at radius 2 is 0.700 bits per heavy atom. The summed E-state index contributed by atoms with van der Waals surface area (Å²) in [7, 11) is 0. The first-order valence-electron chi connectivity index (χ1n) is 17.1. The van der Waals surface area contributed by atoms with E-state index in [0.717, 1.165) is 0 Å². The molecule has 11 aromatic rings. The van der Waals surface area contributed by atoms with E-state index in [0.29, 0.717) is 0 Å². The average Bonchev–Trinajstić information content (AvgIpc) is 3.72. The van der Waals surface area contributed by atoms with Gasteiger partial charge in [0.2, 0.25) is 0 Å². The van der Waals surface area contributed by atoms with Gasteiger partial charge in [-0.25, -0.2) is 0 Å². The van der Waals surface area contributed by atoms with Crippen LogP contribution >= 0.6 is 22.7 Å². The lowest BCUT2D eigenvalue weighted by atomic mass is 9.84. The van der Waals surface area contributed by atoms with Crippen LogP contribution in [-0.4, -0.2) is 0 Å². The zero-order valence-corrected chi connectivity index (χ0v) is 28.6. The van der Waals surface area contributed by atoms with Gasteiger partial charge in [0.1, 0.15) is 0 Å². The third-order valence-corrected chi connectivity index (χ3v) is 12.7. The van der Waals surface area contributed by atoms with Gasteiger partial charge in [0.05, 0.1) is 0 Å². The molecule has 11 rings (SSSR count). The zero-order valence-electron chi connectivity index (χ0n) is 27.0. The lowest BCUT2D eigenvalue weighted by Crippen LogP contribution is -1.92. The van der Waals surface area contributed by atoms with Crippen molar-refractivity contribution in [1.82, 2.24) is 0 Å². The fourth-order valence-electron chi connectivity index (χ4n) is 8.27. The minimum Gasteiger partial charge on any atom is -0.135 e. The Balaban J connectivity index is 1.16. The molecule has 0 spiro atoms. The molecule has 232 valence electrons. The van der Waals surface area contributed by atoms with Gasteiger partial charge in [0, 0.05) is 40.3 Å². The number of benzene rings is 9. The van der Waals surface area contributed by atoms with Crippen molar-refractivity contribution in [3.05, 3.63) is 170 Å². The maximum absolute atomic E-state index is 2.43. The summed E-state index contributed by atoms with van der Waals surface area (Å²) in [4.78, 5) is 0. The molecule has 2 aromatic heterocycles. The lowest BCUT2D eigenvalue weighted by molar-refractivity contribution is 1.64. The van der Waals surface area contributed by atoms with Gasteiger partial charge in [-0.1, -0.05) is 146 Å². The average molecular weight is 669 g/mol. The van der Waals surface area contributed by atoms with Crippen LogP contribution < -0.4 is 0 Å². The number of rotatable bonds is 3. The Kier molecular flexibility index (Phi) is 6.09. The predicted molar refractivity (Wildman–Crippen MR) is 221 cm³/mol. The van der Waals surface area contributed by atoms with Crippen molar-refractivity contribution in [2.75, 3.05) is 0 Å². The van der Waals surface area contributed by atoms with Crippen LogP contribution in [0.2, 0.25) is 0 Å². The third kappa shape index (κ3) is 4.10. The second-order valence-corrected chi connectivity index (χ2v) is 15.3. The van der Waals surface area contributed by atoms with Crippen molar-refractivity contribution in [3.63, 3.8) is 0 Å². The molecule has 0 atom stereocenters. The van der Waals surface area contributed by atoms with E-state index < -0.39 is 0 Å². The largest absolute Gasteiger partial charge is 0.135 e. The van der Waals surface area contributed by atoms with E-state index in [4.69, 9.17) is 0 Å². The Bertz CT molecular complexity index is 3080. The Morgan fingerprint density at radius 3 is 1.36 bits per heavy atom. The van der Waals surface area contributed by atoms with Gasteiger partial charge in [0.25, 0.3) is 0 Å². The van der Waals surface area contributed by atoms with Crippen LogP contribution in [0.4, 0.5) is 0 Å². The molecule has 0 saturated carbocycles. The summed E-state index contributed by atoms with van der Waals surface area (Å²) in [5, 5.41) is 13.1. The highest BCUT2D eigenvalue weighted by atomic mass is 32.1. The quantitative estimate of drug-likeness (QED) is 0.164. The summed E-state index contributed by atoms with van der Waals surface area (Å²) < 4.78 is 5.40. The topological polar surface area (TPSA) is 0 Å². The van der Waals surface area contributed by atoms with Crippen LogP contribution in [0.3, 0.4) is 0 Å². The summed E-state index contributed by atoms with van der Waals surface area (Å²) in [6.07, 6.45) is 0. The second kappa shape index (κ2) is 10.9. The molecule has 0 amide bonds. The molecular weight excluding hydrogens is 641 g/mol. The van der Waals surface area contributed by atoms with Gasteiger partial charge in [-0.15, -0.1) is 22.7 Å². The van der Waals surface area contributed by atoms with E-state index in [1.807, 2.05) is 22.7 Å². The zero-order chi connectivity index (χ0) is 32.8. The fraction of sp³-hybridized carbons (Fsp3) is 0. The molecule has 0 saturated heterocycles. The molecule has 2 heterocycles. The molecule has 0 radical (unpaired) electrons. The van der Waals surface area contributed by atoms with Crippen LogP contribution in [0, 0.1) is 0 Å². The number of fused-ring (bicyclic) bond motifs is 9. The maximum atomic E-state index is 2.43. The molecule has 0 fully saturated rings. The maximum Gasteiger partial charge on any atom is 0.0362 e. The Labute approximate surface area is 297 Å². The molecule has 0 aliphatic carbocycles. The van der Waals surface area contributed by atoms with E-state index in [9.17, 15) is 0 Å². The van der Waals surface area contributed by atoms with Crippen molar-refractivity contribution in [2.24, 2.45) is 0 Å². The van der Waals surface area contributed by atoms with Gasteiger partial charge in [0.15, 0.2) is 0 Å². The summed E-state index contributed by atoms with van der Waals surface area (Å²) in [6.45, 7) is 0. The van der Waals surface area contributed by atoms with Crippen molar-refractivity contribution in [1.29, 1.82) is 0 Å². The van der Waals surface area contributed by atoms with Gasteiger partial charge in [-0.05, 0) is 90.0 Å². The first kappa shape index (κ1) is 28.1. The summed E-state index contributed by atoms with van der Waals surface area (Å²) in [6, 6.07) is 63.1. The highest BCUT2D eigenvalue weighted by molar-refractivity contribution is 7.27. The first-order valence-corrected chi connectivity index (χ1v) is 18.7. The Hall–Kier alpha value is -5.80. The summed E-state index contributed by atoms with van der Waals surface area (Å²) in [5.74, 6) is 0. The standard InChI is InChI=1S/C48H28S2/c1-2-12-29(13-3-1)31-24-25-40(33-15-5-4-14-32(31)33)48-38-19-8-6-17-36(38)47(37-18-7-9-20-39(37)48)30-22-23-35-42-28-45-41(27-46(42)50-44(35)26-30)34-16-10-11-21-43(34)49-45/h1-28H. The van der Waals surface area contributed by atoms with E-state index >= 15 is 0 Å². The van der Waals surface area contributed by atoms with Gasteiger partial charge >= 0.3 is 0 Å². The minimum atomic E-state index is 1.24. The van der Waals surface area contributed by atoms with Crippen LogP contribution in [0.15, 0.2) is 170 Å². The van der Waals surface area contributed by atoms with E-state index in [-0.39, 0.29) is 0 Å². The van der Waals surface area contributed by atoms with Gasteiger partial charge < -0.3 is 0 Å². The predicted octanol–water partition coefficient (Wildman–Crippen LogP) is 14.9. The molecule has 2 heteroatoms. The summed E-state index contributed by atoms with van der Waals surface area (Å²) >= 11 is 3.81. The van der Waals surface area contributed by atoms with E-state index in [2.05, 4.69) is 170 Å². The molecule has 0 bridgehead atoms. The molecule has 0 aliphatic rings. The number of hydrogen-bond acceptors (Lipinski definition) is 2. The first-order chi connectivity index (χ1) is 24.8. The van der Waals surface area contributed by atoms with Crippen molar-refractivity contribution in [2.45, 2.75) is 0 Å². The number of hydrogen-bond donors (Lipinski definition) is 0. The number of thiophene rings is 2. The molecule has 0 nitrogen and oxygen atoms in total. The highest BCUT2D eigenvalue weighted by Crippen LogP contribution is 2.48. The third-order valence-electron chi connectivity index (χ3n) is 10.5. The molecule has 0 aliphatic heterocycles. The lowest BCUT2D eigenvalue weighted by Gasteiger charge is -2.19. The van der Waals surface area contributed by atoms with Crippen LogP contribution in [0.1, 0.15) is 0 Å². The summed E-state index contributed by atoms with van der Waals surface area (Å²) in [5.41, 5.74) is 7.64. The van der Waals surface area contributed by atoms with E-state index in [1.165, 1.54) is 106 Å². The monoisotopic (exact) mass is 668 g/mol. The second-order valence-electron chi connectivity index (χ2n) is 13.2. The molecule has 50 heavy (non-hydrogen) atoms. The molecule has 0 N–H and O–H groups in total. The van der Waals surface area contributed by atoms with E-state index in [1.54, 1.807) is 0 Å². The van der Waals surface area contributed by atoms with Crippen molar-refractivity contribution in [3.8, 4) is 33.4 Å². The molecule has 9 aromatic carbocycles. The highest BCUT2D eigenvalue weighted by Gasteiger charge is 2.20. The minimum absolute atomic E-state index is 1.24. The molecule has 0 unspecified atom stereocenters.